The standard InChI is InChI=1S/C16H28N2S/c1-12(2)17-10-15-7-8-16(13(3)9-15)18(5)14(4)11-19-6/h7-9,12,14,17H,10-11H2,1-6H3. The third-order valence-corrected chi connectivity index (χ3v) is 4.24. The van der Waals surface area contributed by atoms with Gasteiger partial charge in [0.2, 0.25) is 0 Å². The highest BCUT2D eigenvalue weighted by molar-refractivity contribution is 7.98. The molecule has 0 aliphatic rings. The van der Waals surface area contributed by atoms with Crippen LogP contribution in [0.1, 0.15) is 31.9 Å². The summed E-state index contributed by atoms with van der Waals surface area (Å²) in [5, 5.41) is 3.46. The van der Waals surface area contributed by atoms with Crippen LogP contribution in [0.25, 0.3) is 0 Å². The van der Waals surface area contributed by atoms with E-state index in [2.05, 4.69) is 69.4 Å². The van der Waals surface area contributed by atoms with E-state index in [0.717, 1.165) is 12.3 Å². The fraction of sp³-hybridized carbons (Fsp3) is 0.625. The molecule has 1 aromatic rings. The highest BCUT2D eigenvalue weighted by Gasteiger charge is 2.11. The van der Waals surface area contributed by atoms with E-state index in [1.165, 1.54) is 16.8 Å². The Morgan fingerprint density at radius 3 is 2.47 bits per heavy atom. The number of benzene rings is 1. The maximum atomic E-state index is 3.46. The van der Waals surface area contributed by atoms with E-state index in [9.17, 15) is 0 Å². The summed E-state index contributed by atoms with van der Waals surface area (Å²) in [7, 11) is 2.19. The number of nitrogens with zero attached hydrogens (tertiary/aromatic N) is 1. The Labute approximate surface area is 123 Å². The summed E-state index contributed by atoms with van der Waals surface area (Å²) in [5.41, 5.74) is 4.06. The van der Waals surface area contributed by atoms with Gasteiger partial charge < -0.3 is 10.2 Å². The second-order valence-corrected chi connectivity index (χ2v) is 6.48. The second-order valence-electron chi connectivity index (χ2n) is 5.57. The molecule has 0 aromatic heterocycles. The van der Waals surface area contributed by atoms with Crippen LogP contribution in [0.4, 0.5) is 5.69 Å². The van der Waals surface area contributed by atoms with Gasteiger partial charge in [0.15, 0.2) is 0 Å². The molecule has 2 nitrogen and oxygen atoms in total. The number of hydrogen-bond donors (Lipinski definition) is 1. The van der Waals surface area contributed by atoms with Crippen molar-refractivity contribution < 1.29 is 0 Å². The van der Waals surface area contributed by atoms with Crippen molar-refractivity contribution >= 4 is 17.4 Å². The molecule has 3 heteroatoms. The van der Waals surface area contributed by atoms with Crippen molar-refractivity contribution in [3.8, 4) is 0 Å². The van der Waals surface area contributed by atoms with Crippen LogP contribution < -0.4 is 10.2 Å². The molecule has 0 radical (unpaired) electrons. The van der Waals surface area contributed by atoms with Crippen LogP contribution in [0.2, 0.25) is 0 Å². The lowest BCUT2D eigenvalue weighted by molar-refractivity contribution is 0.588. The zero-order valence-electron chi connectivity index (χ0n) is 13.2. The minimum atomic E-state index is 0.532. The molecule has 0 saturated heterocycles. The molecule has 0 saturated carbocycles. The molecule has 19 heavy (non-hydrogen) atoms. The van der Waals surface area contributed by atoms with Crippen molar-refractivity contribution in [2.45, 2.75) is 46.3 Å². The molecule has 0 bridgehead atoms. The predicted octanol–water partition coefficient (Wildman–Crippen LogP) is 3.68. The van der Waals surface area contributed by atoms with Gasteiger partial charge in [-0.25, -0.2) is 0 Å². The summed E-state index contributed by atoms with van der Waals surface area (Å²) >= 11 is 1.90. The summed E-state index contributed by atoms with van der Waals surface area (Å²) in [5.74, 6) is 1.16. The van der Waals surface area contributed by atoms with E-state index in [0.29, 0.717) is 12.1 Å². The molecule has 0 aliphatic carbocycles. The molecule has 0 spiro atoms. The van der Waals surface area contributed by atoms with E-state index in [1.54, 1.807) is 0 Å². The number of hydrogen-bond acceptors (Lipinski definition) is 3. The molecule has 1 rings (SSSR count). The summed E-state index contributed by atoms with van der Waals surface area (Å²) < 4.78 is 0. The molecule has 1 atom stereocenters. The van der Waals surface area contributed by atoms with Crippen LogP contribution in [-0.2, 0) is 6.54 Å². The van der Waals surface area contributed by atoms with E-state index >= 15 is 0 Å². The van der Waals surface area contributed by atoms with Crippen LogP contribution in [-0.4, -0.2) is 31.1 Å². The lowest BCUT2D eigenvalue weighted by atomic mass is 10.1. The highest BCUT2D eigenvalue weighted by Crippen LogP contribution is 2.23. The van der Waals surface area contributed by atoms with Gasteiger partial charge in [0.25, 0.3) is 0 Å². The first-order valence-electron chi connectivity index (χ1n) is 7.00. The molecule has 1 aromatic carbocycles. The van der Waals surface area contributed by atoms with Gasteiger partial charge in [-0.15, -0.1) is 0 Å². The van der Waals surface area contributed by atoms with Crippen LogP contribution >= 0.6 is 11.8 Å². The zero-order chi connectivity index (χ0) is 14.4. The molecule has 0 heterocycles. The van der Waals surface area contributed by atoms with Gasteiger partial charge in [-0.3, -0.25) is 0 Å². The van der Waals surface area contributed by atoms with Crippen molar-refractivity contribution in [1.29, 1.82) is 0 Å². The number of aryl methyl sites for hydroxylation is 1. The Bertz CT molecular complexity index is 390. The van der Waals surface area contributed by atoms with Crippen LogP contribution in [0.5, 0.6) is 0 Å². The maximum Gasteiger partial charge on any atom is 0.0396 e. The molecule has 108 valence electrons. The SMILES string of the molecule is CSCC(C)N(C)c1ccc(CNC(C)C)cc1C. The predicted molar refractivity (Wildman–Crippen MR) is 89.4 cm³/mol. The summed E-state index contributed by atoms with van der Waals surface area (Å²) in [6, 6.07) is 7.88. The summed E-state index contributed by atoms with van der Waals surface area (Å²) in [6.45, 7) is 9.79. The minimum Gasteiger partial charge on any atom is -0.371 e. The third kappa shape index (κ3) is 5.07. The van der Waals surface area contributed by atoms with E-state index in [1.807, 2.05) is 11.8 Å². The lowest BCUT2D eigenvalue weighted by Gasteiger charge is -2.28. The monoisotopic (exact) mass is 280 g/mol. The molecular formula is C16H28N2S. The van der Waals surface area contributed by atoms with Gasteiger partial charge in [-0.05, 0) is 37.3 Å². The molecule has 0 fully saturated rings. The Hall–Kier alpha value is -0.670. The van der Waals surface area contributed by atoms with Crippen molar-refractivity contribution in [2.75, 3.05) is 24.0 Å². The largest absolute Gasteiger partial charge is 0.371 e. The number of rotatable bonds is 7. The van der Waals surface area contributed by atoms with Gasteiger partial charge in [0, 0.05) is 37.1 Å². The maximum absolute atomic E-state index is 3.46. The number of nitrogens with one attached hydrogen (secondary N) is 1. The summed E-state index contributed by atoms with van der Waals surface area (Å²) in [4.78, 5) is 2.38. The third-order valence-electron chi connectivity index (χ3n) is 3.42. The van der Waals surface area contributed by atoms with Crippen molar-refractivity contribution in [2.24, 2.45) is 0 Å². The first kappa shape index (κ1) is 16.4. The Balaban J connectivity index is 2.76. The minimum absolute atomic E-state index is 0.532. The lowest BCUT2D eigenvalue weighted by Crippen LogP contribution is -2.31. The molecule has 0 aliphatic heterocycles. The van der Waals surface area contributed by atoms with Crippen LogP contribution in [0, 0.1) is 6.92 Å². The van der Waals surface area contributed by atoms with Gasteiger partial charge in [-0.2, -0.15) is 11.8 Å². The van der Waals surface area contributed by atoms with E-state index < -0.39 is 0 Å². The Morgan fingerprint density at radius 1 is 1.26 bits per heavy atom. The highest BCUT2D eigenvalue weighted by atomic mass is 32.2. The quantitative estimate of drug-likeness (QED) is 0.820. The summed E-state index contributed by atoms with van der Waals surface area (Å²) in [6.07, 6.45) is 2.16. The van der Waals surface area contributed by atoms with Crippen LogP contribution in [0.15, 0.2) is 18.2 Å². The smallest absolute Gasteiger partial charge is 0.0396 e. The van der Waals surface area contributed by atoms with E-state index in [4.69, 9.17) is 0 Å². The molecule has 1 unspecified atom stereocenters. The normalized spacial score (nSPS) is 12.8. The fourth-order valence-corrected chi connectivity index (χ4v) is 2.84. The van der Waals surface area contributed by atoms with Gasteiger partial charge in [0.1, 0.15) is 0 Å². The average molecular weight is 280 g/mol. The number of thioether (sulfide) groups is 1. The van der Waals surface area contributed by atoms with Gasteiger partial charge in [-0.1, -0.05) is 26.0 Å². The van der Waals surface area contributed by atoms with Crippen molar-refractivity contribution in [1.82, 2.24) is 5.32 Å². The second kappa shape index (κ2) is 7.81. The Kier molecular flexibility index (Phi) is 6.73. The van der Waals surface area contributed by atoms with Gasteiger partial charge >= 0.3 is 0 Å². The molecular weight excluding hydrogens is 252 g/mol. The fourth-order valence-electron chi connectivity index (χ4n) is 2.14. The topological polar surface area (TPSA) is 15.3 Å². The van der Waals surface area contributed by atoms with Crippen molar-refractivity contribution in [3.63, 3.8) is 0 Å². The van der Waals surface area contributed by atoms with Crippen LogP contribution in [0.3, 0.4) is 0 Å². The first-order chi connectivity index (χ1) is 8.95. The Morgan fingerprint density at radius 2 is 1.95 bits per heavy atom. The zero-order valence-corrected chi connectivity index (χ0v) is 14.0. The van der Waals surface area contributed by atoms with Crippen molar-refractivity contribution in [3.05, 3.63) is 29.3 Å². The number of anilines is 1. The molecule has 0 amide bonds. The van der Waals surface area contributed by atoms with Gasteiger partial charge in [0.05, 0.1) is 0 Å². The first-order valence-corrected chi connectivity index (χ1v) is 8.39. The average Bonchev–Trinajstić information content (AvgIpc) is 2.36. The molecule has 1 N–H and O–H groups in total. The van der Waals surface area contributed by atoms with E-state index in [-0.39, 0.29) is 0 Å².